The summed E-state index contributed by atoms with van der Waals surface area (Å²) in [6, 6.07) is 9.31. The molecule has 0 fully saturated rings. The first-order valence-electron chi connectivity index (χ1n) is 6.56. The van der Waals surface area contributed by atoms with Gasteiger partial charge in [0.25, 0.3) is 0 Å². The molecule has 108 valence electrons. The monoisotopic (exact) mass is 320 g/mol. The standard InChI is InChI=1S/C15H13ClN2O2S/c1-2-12-10-7-13(15(19)20)21-14(10)18(17-12)8-9-5-3-4-6-11(9)16/h3-7H,2,8H2,1H3,(H,19,20). The van der Waals surface area contributed by atoms with Crippen LogP contribution in [0.2, 0.25) is 5.02 Å². The van der Waals surface area contributed by atoms with Crippen molar-refractivity contribution in [2.45, 2.75) is 19.9 Å². The van der Waals surface area contributed by atoms with Gasteiger partial charge in [-0.2, -0.15) is 5.10 Å². The maximum absolute atomic E-state index is 11.2. The number of hydrogen-bond acceptors (Lipinski definition) is 3. The Morgan fingerprint density at radius 1 is 1.43 bits per heavy atom. The van der Waals surface area contributed by atoms with Gasteiger partial charge in [-0.3, -0.25) is 0 Å². The molecule has 0 saturated heterocycles. The van der Waals surface area contributed by atoms with Gasteiger partial charge in [-0.15, -0.1) is 11.3 Å². The average molecular weight is 321 g/mol. The number of aromatic nitrogens is 2. The lowest BCUT2D eigenvalue weighted by molar-refractivity contribution is 0.0702. The number of rotatable bonds is 4. The van der Waals surface area contributed by atoms with Crippen molar-refractivity contribution in [3.8, 4) is 0 Å². The van der Waals surface area contributed by atoms with E-state index >= 15 is 0 Å². The quantitative estimate of drug-likeness (QED) is 0.788. The fourth-order valence-corrected chi connectivity index (χ4v) is 3.45. The molecule has 0 aliphatic heterocycles. The number of aromatic carboxylic acids is 1. The van der Waals surface area contributed by atoms with Crippen molar-refractivity contribution in [1.82, 2.24) is 9.78 Å². The second-order valence-corrected chi connectivity index (χ2v) is 6.12. The van der Waals surface area contributed by atoms with Crippen LogP contribution in [0.15, 0.2) is 30.3 Å². The van der Waals surface area contributed by atoms with Gasteiger partial charge in [0.1, 0.15) is 9.71 Å². The van der Waals surface area contributed by atoms with E-state index in [0.29, 0.717) is 16.4 Å². The maximum atomic E-state index is 11.2. The Bertz CT molecular complexity index is 822. The number of nitrogens with zero attached hydrogens (tertiary/aromatic N) is 2. The van der Waals surface area contributed by atoms with Gasteiger partial charge >= 0.3 is 5.97 Å². The normalized spacial score (nSPS) is 11.1. The molecule has 0 aliphatic carbocycles. The van der Waals surface area contributed by atoms with Crippen LogP contribution in [0.5, 0.6) is 0 Å². The van der Waals surface area contributed by atoms with Crippen LogP contribution in [0.4, 0.5) is 0 Å². The zero-order valence-electron chi connectivity index (χ0n) is 11.3. The average Bonchev–Trinajstić information content (AvgIpc) is 3.01. The van der Waals surface area contributed by atoms with Crippen LogP contribution >= 0.6 is 22.9 Å². The molecule has 0 spiro atoms. The summed E-state index contributed by atoms with van der Waals surface area (Å²) in [5, 5.41) is 15.3. The van der Waals surface area contributed by atoms with Crippen LogP contribution in [0.25, 0.3) is 10.2 Å². The molecule has 0 aliphatic rings. The highest BCUT2D eigenvalue weighted by molar-refractivity contribution is 7.20. The zero-order chi connectivity index (χ0) is 15.0. The van der Waals surface area contributed by atoms with E-state index in [2.05, 4.69) is 5.10 Å². The molecule has 21 heavy (non-hydrogen) atoms. The van der Waals surface area contributed by atoms with E-state index in [0.717, 1.165) is 27.9 Å². The van der Waals surface area contributed by atoms with Gasteiger partial charge in [0, 0.05) is 10.4 Å². The van der Waals surface area contributed by atoms with Gasteiger partial charge in [0.15, 0.2) is 0 Å². The Hall–Kier alpha value is -1.85. The first kappa shape index (κ1) is 14.1. The lowest BCUT2D eigenvalue weighted by Crippen LogP contribution is -2.02. The first-order valence-corrected chi connectivity index (χ1v) is 7.75. The van der Waals surface area contributed by atoms with Crippen LogP contribution in [0.3, 0.4) is 0 Å². The molecule has 4 nitrogen and oxygen atoms in total. The van der Waals surface area contributed by atoms with Crippen molar-refractivity contribution >= 4 is 39.1 Å². The number of benzene rings is 1. The summed E-state index contributed by atoms with van der Waals surface area (Å²) in [6.07, 6.45) is 0.766. The Kier molecular flexibility index (Phi) is 3.69. The Morgan fingerprint density at radius 3 is 2.86 bits per heavy atom. The summed E-state index contributed by atoms with van der Waals surface area (Å²) in [5.41, 5.74) is 1.89. The molecule has 0 unspecified atom stereocenters. The minimum Gasteiger partial charge on any atom is -0.477 e. The molecule has 1 N–H and O–H groups in total. The summed E-state index contributed by atoms with van der Waals surface area (Å²) in [5.74, 6) is -0.900. The van der Waals surface area contributed by atoms with E-state index in [1.165, 1.54) is 11.3 Å². The van der Waals surface area contributed by atoms with Crippen LogP contribution in [0, 0.1) is 0 Å². The van der Waals surface area contributed by atoms with Crippen LogP contribution in [-0.2, 0) is 13.0 Å². The van der Waals surface area contributed by atoms with Crippen molar-refractivity contribution in [2.24, 2.45) is 0 Å². The summed E-state index contributed by atoms with van der Waals surface area (Å²) in [7, 11) is 0. The first-order chi connectivity index (χ1) is 10.1. The third-order valence-electron chi connectivity index (χ3n) is 3.32. The van der Waals surface area contributed by atoms with Gasteiger partial charge in [0.05, 0.1) is 12.2 Å². The molecule has 0 saturated carbocycles. The summed E-state index contributed by atoms with van der Waals surface area (Å²) >= 11 is 7.44. The van der Waals surface area contributed by atoms with Gasteiger partial charge in [0.2, 0.25) is 0 Å². The largest absolute Gasteiger partial charge is 0.477 e. The number of halogens is 1. The van der Waals surface area contributed by atoms with Crippen molar-refractivity contribution in [3.05, 3.63) is 51.5 Å². The van der Waals surface area contributed by atoms with Crippen LogP contribution in [-0.4, -0.2) is 20.9 Å². The number of hydrogen-bond donors (Lipinski definition) is 1. The molecule has 2 aromatic heterocycles. The Balaban J connectivity index is 2.09. The van der Waals surface area contributed by atoms with E-state index in [-0.39, 0.29) is 0 Å². The maximum Gasteiger partial charge on any atom is 0.345 e. The molecular formula is C15H13ClN2O2S. The summed E-state index contributed by atoms with van der Waals surface area (Å²) < 4.78 is 1.84. The molecule has 0 atom stereocenters. The minimum atomic E-state index is -0.900. The SMILES string of the molecule is CCc1nn(Cc2ccccc2Cl)c2sc(C(=O)O)cc12. The summed E-state index contributed by atoms with van der Waals surface area (Å²) in [4.78, 5) is 12.4. The predicted octanol–water partition coefficient (Wildman–Crippen LogP) is 4.06. The third-order valence-corrected chi connectivity index (χ3v) is 4.83. The second kappa shape index (κ2) is 5.50. The highest BCUT2D eigenvalue weighted by atomic mass is 35.5. The molecule has 6 heteroatoms. The number of thiophene rings is 1. The highest BCUT2D eigenvalue weighted by Crippen LogP contribution is 2.30. The molecular weight excluding hydrogens is 308 g/mol. The number of carboxylic acids is 1. The number of carbonyl (C=O) groups is 1. The van der Waals surface area contributed by atoms with E-state index in [9.17, 15) is 4.79 Å². The van der Waals surface area contributed by atoms with Gasteiger partial charge in [-0.1, -0.05) is 36.7 Å². The molecule has 0 radical (unpaired) electrons. The Morgan fingerprint density at radius 2 is 2.19 bits per heavy atom. The Labute approximate surface area is 130 Å². The van der Waals surface area contributed by atoms with Crippen molar-refractivity contribution in [3.63, 3.8) is 0 Å². The van der Waals surface area contributed by atoms with Crippen LogP contribution in [0.1, 0.15) is 27.9 Å². The van der Waals surface area contributed by atoms with Gasteiger partial charge in [-0.05, 0) is 24.1 Å². The third kappa shape index (κ3) is 2.54. The van der Waals surface area contributed by atoms with Crippen molar-refractivity contribution in [2.75, 3.05) is 0 Å². The molecule has 3 aromatic rings. The topological polar surface area (TPSA) is 55.1 Å². The fourth-order valence-electron chi connectivity index (χ4n) is 2.29. The van der Waals surface area contributed by atoms with Gasteiger partial charge in [-0.25, -0.2) is 9.48 Å². The zero-order valence-corrected chi connectivity index (χ0v) is 12.9. The molecule has 0 amide bonds. The van der Waals surface area contributed by atoms with Gasteiger partial charge < -0.3 is 5.11 Å². The molecule has 1 aromatic carbocycles. The number of fused-ring (bicyclic) bond motifs is 1. The second-order valence-electron chi connectivity index (χ2n) is 4.68. The minimum absolute atomic E-state index is 0.338. The fraction of sp³-hybridized carbons (Fsp3) is 0.200. The molecule has 2 heterocycles. The molecule has 3 rings (SSSR count). The lowest BCUT2D eigenvalue weighted by atomic mass is 10.2. The van der Waals surface area contributed by atoms with Crippen LogP contribution < -0.4 is 0 Å². The smallest absolute Gasteiger partial charge is 0.345 e. The van der Waals surface area contributed by atoms with E-state index in [1.54, 1.807) is 6.07 Å². The van der Waals surface area contributed by atoms with E-state index < -0.39 is 5.97 Å². The predicted molar refractivity (Wildman–Crippen MR) is 84.5 cm³/mol. The van der Waals surface area contributed by atoms with Crippen molar-refractivity contribution in [1.29, 1.82) is 0 Å². The number of carboxylic acid groups (broad SMARTS) is 1. The van der Waals surface area contributed by atoms with E-state index in [4.69, 9.17) is 16.7 Å². The van der Waals surface area contributed by atoms with E-state index in [1.807, 2.05) is 35.9 Å². The molecule has 0 bridgehead atoms. The highest BCUT2D eigenvalue weighted by Gasteiger charge is 2.17. The number of aryl methyl sites for hydroxylation is 1. The lowest BCUT2D eigenvalue weighted by Gasteiger charge is -2.04. The summed E-state index contributed by atoms with van der Waals surface area (Å²) in [6.45, 7) is 2.55. The van der Waals surface area contributed by atoms with Crippen molar-refractivity contribution < 1.29 is 9.90 Å².